The van der Waals surface area contributed by atoms with Crippen molar-refractivity contribution in [1.29, 1.82) is 0 Å². The number of benzene rings is 1. The minimum Gasteiger partial charge on any atom is -0.481 e. The van der Waals surface area contributed by atoms with Crippen LogP contribution in [0.3, 0.4) is 0 Å². The fourth-order valence-corrected chi connectivity index (χ4v) is 1.41. The largest absolute Gasteiger partial charge is 0.481 e. The van der Waals surface area contributed by atoms with Crippen LogP contribution < -0.4 is 5.32 Å². The minimum absolute atomic E-state index is 0.0277. The monoisotopic (exact) mass is 289 g/mol. The molecule has 0 aliphatic rings. The second-order valence-corrected chi connectivity index (χ2v) is 3.94. The average Bonchev–Trinajstić information content (AvgIpc) is 2.21. The van der Waals surface area contributed by atoms with Gasteiger partial charge in [-0.2, -0.15) is 0 Å². The average molecular weight is 290 g/mol. The van der Waals surface area contributed by atoms with Crippen LogP contribution in [-0.2, 0) is 4.79 Å². The first-order valence-electron chi connectivity index (χ1n) is 4.45. The summed E-state index contributed by atoms with van der Waals surface area (Å²) >= 11 is 3.12. The fraction of sp³-hybridized carbons (Fsp3) is 0.200. The van der Waals surface area contributed by atoms with Crippen molar-refractivity contribution in [2.24, 2.45) is 0 Å². The molecule has 2 N–H and O–H groups in total. The molecule has 0 aliphatic heterocycles. The van der Waals surface area contributed by atoms with Crippen molar-refractivity contribution in [2.45, 2.75) is 6.42 Å². The molecular formula is C10H9BrFNO3. The summed E-state index contributed by atoms with van der Waals surface area (Å²) < 4.78 is 13.8. The molecule has 1 rings (SSSR count). The third-order valence-corrected chi connectivity index (χ3v) is 2.29. The van der Waals surface area contributed by atoms with E-state index in [0.717, 1.165) is 6.07 Å². The fourth-order valence-electron chi connectivity index (χ4n) is 1.05. The molecule has 0 fully saturated rings. The maximum Gasteiger partial charge on any atom is 0.305 e. The van der Waals surface area contributed by atoms with E-state index in [1.54, 1.807) is 0 Å². The molecule has 4 nitrogen and oxygen atoms in total. The van der Waals surface area contributed by atoms with E-state index >= 15 is 0 Å². The topological polar surface area (TPSA) is 66.4 Å². The lowest BCUT2D eigenvalue weighted by molar-refractivity contribution is -0.136. The lowest BCUT2D eigenvalue weighted by atomic mass is 10.2. The Bertz CT molecular complexity index is 423. The Morgan fingerprint density at radius 1 is 1.44 bits per heavy atom. The van der Waals surface area contributed by atoms with Crippen LogP contribution in [0, 0.1) is 5.82 Å². The van der Waals surface area contributed by atoms with Crippen LogP contribution in [0.15, 0.2) is 22.7 Å². The Morgan fingerprint density at radius 2 is 2.12 bits per heavy atom. The Hall–Kier alpha value is -1.43. The predicted molar refractivity (Wildman–Crippen MR) is 58.7 cm³/mol. The Balaban J connectivity index is 2.65. The van der Waals surface area contributed by atoms with Crippen LogP contribution in [0.2, 0.25) is 0 Å². The second-order valence-electron chi connectivity index (χ2n) is 3.02. The number of carbonyl (C=O) groups excluding carboxylic acids is 1. The van der Waals surface area contributed by atoms with E-state index in [1.807, 2.05) is 0 Å². The van der Waals surface area contributed by atoms with Crippen LogP contribution in [-0.4, -0.2) is 23.5 Å². The van der Waals surface area contributed by atoms with Gasteiger partial charge in [-0.15, -0.1) is 0 Å². The highest BCUT2D eigenvalue weighted by Crippen LogP contribution is 2.15. The molecule has 6 heteroatoms. The van der Waals surface area contributed by atoms with Crippen LogP contribution in [0.25, 0.3) is 0 Å². The van der Waals surface area contributed by atoms with E-state index in [9.17, 15) is 14.0 Å². The summed E-state index contributed by atoms with van der Waals surface area (Å²) in [5, 5.41) is 10.7. The Labute approximate surface area is 99.6 Å². The number of rotatable bonds is 4. The van der Waals surface area contributed by atoms with Crippen molar-refractivity contribution in [3.05, 3.63) is 34.1 Å². The molecule has 0 aliphatic carbocycles. The lowest BCUT2D eigenvalue weighted by Crippen LogP contribution is -2.26. The van der Waals surface area contributed by atoms with Crippen molar-refractivity contribution in [3.8, 4) is 0 Å². The van der Waals surface area contributed by atoms with Gasteiger partial charge in [-0.1, -0.05) is 15.9 Å². The van der Waals surface area contributed by atoms with E-state index < -0.39 is 17.7 Å². The molecule has 0 radical (unpaired) electrons. The summed E-state index contributed by atoms with van der Waals surface area (Å²) in [6.07, 6.45) is -0.193. The zero-order valence-corrected chi connectivity index (χ0v) is 9.75. The summed E-state index contributed by atoms with van der Waals surface area (Å²) in [5.41, 5.74) is -0.111. The first kappa shape index (κ1) is 12.6. The molecule has 0 aromatic heterocycles. The van der Waals surface area contributed by atoms with E-state index in [4.69, 9.17) is 5.11 Å². The summed E-state index contributed by atoms with van der Waals surface area (Å²) in [5.74, 6) is -2.29. The summed E-state index contributed by atoms with van der Waals surface area (Å²) in [6, 6.07) is 3.98. The zero-order chi connectivity index (χ0) is 12.1. The zero-order valence-electron chi connectivity index (χ0n) is 8.17. The Kier molecular flexibility index (Phi) is 4.42. The number of amides is 1. The number of halogens is 2. The highest BCUT2D eigenvalue weighted by Gasteiger charge is 2.11. The number of nitrogens with one attached hydrogen (secondary N) is 1. The highest BCUT2D eigenvalue weighted by atomic mass is 79.9. The van der Waals surface area contributed by atoms with Gasteiger partial charge in [0.05, 0.1) is 12.0 Å². The van der Waals surface area contributed by atoms with E-state index in [2.05, 4.69) is 21.2 Å². The number of hydrogen-bond donors (Lipinski definition) is 2. The van der Waals surface area contributed by atoms with Crippen molar-refractivity contribution in [2.75, 3.05) is 6.54 Å². The molecule has 0 atom stereocenters. The van der Waals surface area contributed by atoms with Gasteiger partial charge in [0.1, 0.15) is 5.82 Å². The van der Waals surface area contributed by atoms with E-state index in [-0.39, 0.29) is 18.5 Å². The highest BCUT2D eigenvalue weighted by molar-refractivity contribution is 9.10. The number of carboxylic acid groups (broad SMARTS) is 1. The molecule has 1 aromatic rings. The van der Waals surface area contributed by atoms with Crippen LogP contribution >= 0.6 is 15.9 Å². The van der Waals surface area contributed by atoms with Gasteiger partial charge in [-0.3, -0.25) is 9.59 Å². The molecule has 0 bridgehead atoms. The third kappa shape index (κ3) is 3.62. The van der Waals surface area contributed by atoms with Crippen molar-refractivity contribution in [1.82, 2.24) is 5.32 Å². The van der Waals surface area contributed by atoms with Crippen molar-refractivity contribution in [3.63, 3.8) is 0 Å². The van der Waals surface area contributed by atoms with Gasteiger partial charge in [0.15, 0.2) is 0 Å². The quantitative estimate of drug-likeness (QED) is 0.888. The number of aliphatic carboxylic acids is 1. The van der Waals surface area contributed by atoms with Crippen molar-refractivity contribution < 1.29 is 19.1 Å². The van der Waals surface area contributed by atoms with E-state index in [0.29, 0.717) is 4.47 Å². The van der Waals surface area contributed by atoms with Crippen LogP contribution in [0.4, 0.5) is 4.39 Å². The van der Waals surface area contributed by atoms with E-state index in [1.165, 1.54) is 12.1 Å². The first-order chi connectivity index (χ1) is 7.50. The number of carbonyl (C=O) groups is 2. The van der Waals surface area contributed by atoms with Gasteiger partial charge in [-0.05, 0) is 18.2 Å². The first-order valence-corrected chi connectivity index (χ1v) is 5.25. The smallest absolute Gasteiger partial charge is 0.305 e. The van der Waals surface area contributed by atoms with Gasteiger partial charge in [0.25, 0.3) is 5.91 Å². The molecule has 0 unspecified atom stereocenters. The third-order valence-electron chi connectivity index (χ3n) is 1.80. The predicted octanol–water partition coefficient (Wildman–Crippen LogP) is 1.79. The minimum atomic E-state index is -1.02. The van der Waals surface area contributed by atoms with Gasteiger partial charge in [0.2, 0.25) is 0 Å². The molecule has 1 amide bonds. The number of carboxylic acids is 1. The molecule has 0 saturated heterocycles. The Morgan fingerprint density at radius 3 is 2.75 bits per heavy atom. The van der Waals surface area contributed by atoms with Gasteiger partial charge in [0, 0.05) is 11.0 Å². The molecule has 0 saturated carbocycles. The number of hydrogen-bond acceptors (Lipinski definition) is 2. The van der Waals surface area contributed by atoms with Gasteiger partial charge >= 0.3 is 5.97 Å². The van der Waals surface area contributed by atoms with Gasteiger partial charge < -0.3 is 10.4 Å². The second kappa shape index (κ2) is 5.60. The molecule has 0 heterocycles. The molecule has 16 heavy (non-hydrogen) atoms. The van der Waals surface area contributed by atoms with Crippen LogP contribution in [0.5, 0.6) is 0 Å². The normalized spacial score (nSPS) is 9.88. The molecule has 1 aromatic carbocycles. The molecule has 86 valence electrons. The summed E-state index contributed by atoms with van der Waals surface area (Å²) in [6.45, 7) is -0.0277. The maximum absolute atomic E-state index is 13.2. The van der Waals surface area contributed by atoms with Crippen molar-refractivity contribution >= 4 is 27.8 Å². The maximum atomic E-state index is 13.2. The van der Waals surface area contributed by atoms with Gasteiger partial charge in [-0.25, -0.2) is 4.39 Å². The molecule has 0 spiro atoms. The standard InChI is InChI=1S/C10H9BrFNO3/c11-6-1-2-8(12)7(5-6)10(16)13-4-3-9(14)15/h1-2,5H,3-4H2,(H,13,16)(H,14,15). The molecular weight excluding hydrogens is 281 g/mol. The lowest BCUT2D eigenvalue weighted by Gasteiger charge is -2.04. The summed E-state index contributed by atoms with van der Waals surface area (Å²) in [7, 11) is 0. The summed E-state index contributed by atoms with van der Waals surface area (Å²) in [4.78, 5) is 21.6. The van der Waals surface area contributed by atoms with Crippen LogP contribution in [0.1, 0.15) is 16.8 Å². The SMILES string of the molecule is O=C(O)CCNC(=O)c1cc(Br)ccc1F.